The van der Waals surface area contributed by atoms with Gasteiger partial charge in [0.2, 0.25) is 0 Å². The van der Waals surface area contributed by atoms with Gasteiger partial charge in [-0.05, 0) is 0 Å². The summed E-state index contributed by atoms with van der Waals surface area (Å²) in [7, 11) is 0. The second kappa shape index (κ2) is 14.3. The van der Waals surface area contributed by atoms with Gasteiger partial charge in [-0.1, -0.05) is 26.0 Å². The van der Waals surface area contributed by atoms with Crippen molar-refractivity contribution in [2.24, 2.45) is 0 Å². The van der Waals surface area contributed by atoms with Crippen molar-refractivity contribution in [3.8, 4) is 0 Å². The zero-order chi connectivity index (χ0) is 18.9. The molecule has 0 N–H and O–H groups in total. The van der Waals surface area contributed by atoms with E-state index in [4.69, 9.17) is 0 Å². The minimum atomic E-state index is 0. The summed E-state index contributed by atoms with van der Waals surface area (Å²) >= 11 is 1.49. The number of hydrogen-bond donors (Lipinski definition) is 0. The van der Waals surface area contributed by atoms with E-state index in [1.807, 2.05) is 0 Å². The van der Waals surface area contributed by atoms with Crippen molar-refractivity contribution in [2.45, 2.75) is 39.8 Å². The molecule has 0 fully saturated rings. The van der Waals surface area contributed by atoms with Crippen molar-refractivity contribution < 1.29 is 47.8 Å². The van der Waals surface area contributed by atoms with E-state index >= 15 is 0 Å². The minimum Gasteiger partial charge on any atom is -1.00 e. The van der Waals surface area contributed by atoms with E-state index in [2.05, 4.69) is 100 Å². The molecule has 0 saturated carbocycles. The number of hydrogen-bond acceptors (Lipinski definition) is 0. The first-order valence-electron chi connectivity index (χ1n) is 9.34. The smallest absolute Gasteiger partial charge is 0.0579 e. The molecule has 0 atom stereocenters. The molecular weight excluding hydrogens is 566 g/mol. The van der Waals surface area contributed by atoms with Gasteiger partial charge in [-0.2, -0.15) is 12.1 Å². The average molecular weight is 594 g/mol. The molecule has 0 aliphatic heterocycles. The van der Waals surface area contributed by atoms with Crippen molar-refractivity contribution in [1.82, 2.24) is 0 Å². The van der Waals surface area contributed by atoms with Crippen LogP contribution in [-0.4, -0.2) is 5.49 Å². The van der Waals surface area contributed by atoms with Crippen molar-refractivity contribution in [1.29, 1.82) is 0 Å². The first-order valence-corrected chi connectivity index (χ1v) is 16.6. The van der Waals surface area contributed by atoms with Crippen LogP contribution in [0.4, 0.5) is 0 Å². The Bertz CT molecular complexity index is 825. The summed E-state index contributed by atoms with van der Waals surface area (Å²) in [5.41, 5.74) is 2.97. The molecule has 148 valence electrons. The van der Waals surface area contributed by atoms with Gasteiger partial charge in [-0.3, -0.25) is 0 Å². The summed E-state index contributed by atoms with van der Waals surface area (Å²) < 4.78 is 0. The Labute approximate surface area is 197 Å². The molecule has 0 nitrogen and oxygen atoms in total. The summed E-state index contributed by atoms with van der Waals surface area (Å²) in [4.78, 5) is 0. The largest absolute Gasteiger partial charge is 1.00 e. The molecule has 4 aromatic carbocycles. The molecule has 4 heteroatoms. The summed E-state index contributed by atoms with van der Waals surface area (Å²) in [6, 6.07) is 28.7. The van der Waals surface area contributed by atoms with Gasteiger partial charge in [-0.25, -0.2) is 0 Å². The van der Waals surface area contributed by atoms with Crippen LogP contribution in [0.2, 0.25) is 12.1 Å². The fourth-order valence-electron chi connectivity index (χ4n) is 2.86. The second-order valence-electron chi connectivity index (χ2n) is 6.63. The van der Waals surface area contributed by atoms with E-state index < -0.39 is 0 Å². The summed E-state index contributed by atoms with van der Waals surface area (Å²) in [5, 5.41) is 5.39. The summed E-state index contributed by atoms with van der Waals surface area (Å²) in [6.07, 6.45) is 0. The van der Waals surface area contributed by atoms with E-state index in [1.54, 1.807) is 0 Å². The van der Waals surface area contributed by atoms with Gasteiger partial charge in [0, 0.05) is 0 Å². The molecule has 0 bridgehead atoms. The molecule has 4 aromatic rings. The summed E-state index contributed by atoms with van der Waals surface area (Å²) in [5.74, 6) is 0. The molecule has 0 heterocycles. The Morgan fingerprint density at radius 1 is 0.714 bits per heavy atom. The van der Waals surface area contributed by atoms with Crippen LogP contribution in [0.3, 0.4) is 0 Å². The van der Waals surface area contributed by atoms with Gasteiger partial charge >= 0.3 is 54.4 Å². The SMILES string of the molecule is CC[Si](=[Hf+2])CC.Cc1cc2ccccc2[cH-]1.Cc1cc2ccccc2[cH-]1.[Cl-].[Cl-]. The molecule has 0 aromatic heterocycles. The van der Waals surface area contributed by atoms with E-state index in [1.165, 1.54) is 67.8 Å². The fraction of sp³-hybridized carbons (Fsp3) is 0.250. The number of halogens is 2. The van der Waals surface area contributed by atoms with Gasteiger partial charge < -0.3 is 24.8 Å². The van der Waals surface area contributed by atoms with Crippen molar-refractivity contribution in [3.63, 3.8) is 0 Å². The van der Waals surface area contributed by atoms with Gasteiger partial charge in [-0.15, -0.1) is 81.2 Å². The van der Waals surface area contributed by atoms with E-state index in [0.29, 0.717) is 0 Å². The molecule has 0 unspecified atom stereocenters. The first kappa shape index (κ1) is 27.3. The number of fused-ring (bicyclic) bond motifs is 2. The Morgan fingerprint density at radius 2 is 1.07 bits per heavy atom. The van der Waals surface area contributed by atoms with Crippen molar-refractivity contribution in [3.05, 3.63) is 83.9 Å². The zero-order valence-electron chi connectivity index (χ0n) is 17.1. The number of aryl methyl sites for hydroxylation is 2. The average Bonchev–Trinajstić information content (AvgIpc) is 3.22. The molecule has 0 aliphatic rings. The second-order valence-corrected chi connectivity index (χ2v) is 16.9. The van der Waals surface area contributed by atoms with Crippen molar-refractivity contribution in [2.75, 3.05) is 0 Å². The Balaban J connectivity index is 0.000000391. The molecule has 0 spiro atoms. The molecule has 28 heavy (non-hydrogen) atoms. The van der Waals surface area contributed by atoms with Crippen LogP contribution in [0, 0.1) is 13.8 Å². The maximum Gasteiger partial charge on any atom is -0.0579 e. The molecule has 4 rings (SSSR count). The van der Waals surface area contributed by atoms with E-state index in [9.17, 15) is 0 Å². The normalized spacial score (nSPS) is 9.36. The molecule has 0 amide bonds. The molecular formula is C24H28Cl2HfSi-2. The van der Waals surface area contributed by atoms with Gasteiger partial charge in [0.25, 0.3) is 0 Å². The fourth-order valence-corrected chi connectivity index (χ4v) is 3.36. The van der Waals surface area contributed by atoms with Crippen LogP contribution in [0.25, 0.3) is 21.5 Å². The number of rotatable bonds is 2. The van der Waals surface area contributed by atoms with Crippen LogP contribution in [-0.2, 0) is 23.0 Å². The predicted octanol–water partition coefficient (Wildman–Crippen LogP) is 1.31. The quantitative estimate of drug-likeness (QED) is 0.243. The third-order valence-electron chi connectivity index (χ3n) is 4.38. The maximum atomic E-state index is 2.31. The van der Waals surface area contributed by atoms with Crippen LogP contribution in [0.15, 0.2) is 72.8 Å². The van der Waals surface area contributed by atoms with Gasteiger partial charge in [0.15, 0.2) is 0 Å². The standard InChI is InChI=1S/2C10H9.C4H10Si.2ClH.Hf/c2*1-8-6-9-4-2-3-5-10(9)7-8;1-3-5-4-2;;;/h2*2-7H,1H3;3-4H2,1-2H3;2*1H;/q2*-1;;;;+2/p-2. The minimum absolute atomic E-state index is 0. The molecule has 0 saturated heterocycles. The topological polar surface area (TPSA) is 0 Å². The van der Waals surface area contributed by atoms with Crippen LogP contribution in [0.1, 0.15) is 25.0 Å². The van der Waals surface area contributed by atoms with Crippen LogP contribution >= 0.6 is 0 Å². The number of benzene rings is 2. The third-order valence-corrected chi connectivity index (χ3v) is 13.7. The Hall–Kier alpha value is -0.673. The van der Waals surface area contributed by atoms with E-state index in [-0.39, 0.29) is 30.3 Å². The predicted molar refractivity (Wildman–Crippen MR) is 115 cm³/mol. The zero-order valence-corrected chi connectivity index (χ0v) is 23.2. The maximum absolute atomic E-state index is 2.31. The third kappa shape index (κ3) is 8.78. The first-order chi connectivity index (χ1) is 12.5. The molecule has 0 radical (unpaired) electrons. The van der Waals surface area contributed by atoms with Crippen molar-refractivity contribution >= 4 is 27.0 Å². The summed E-state index contributed by atoms with van der Waals surface area (Å²) in [6.45, 7) is 8.87. The monoisotopic (exact) mass is 594 g/mol. The Kier molecular flexibility index (Phi) is 14.0. The van der Waals surface area contributed by atoms with Gasteiger partial charge in [0.1, 0.15) is 0 Å². The molecule has 0 aliphatic carbocycles. The van der Waals surface area contributed by atoms with Crippen LogP contribution in [0.5, 0.6) is 0 Å². The van der Waals surface area contributed by atoms with E-state index in [0.717, 1.165) is 0 Å². The van der Waals surface area contributed by atoms with Crippen LogP contribution < -0.4 is 24.8 Å². The Morgan fingerprint density at radius 3 is 1.36 bits per heavy atom. The van der Waals surface area contributed by atoms with Gasteiger partial charge in [0.05, 0.1) is 0 Å².